The normalized spacial score (nSPS) is 13.6. The van der Waals surface area contributed by atoms with Crippen LogP contribution < -0.4 is 10.6 Å². The Morgan fingerprint density at radius 3 is 2.56 bits per heavy atom. The molecule has 8 nitrogen and oxygen atoms in total. The number of nitrogens with two attached hydrogens (primary N) is 1. The van der Waals surface area contributed by atoms with Gasteiger partial charge in [0.1, 0.15) is 5.69 Å². The van der Waals surface area contributed by atoms with Gasteiger partial charge in [-0.1, -0.05) is 37.6 Å². The highest BCUT2D eigenvalue weighted by Gasteiger charge is 2.20. The summed E-state index contributed by atoms with van der Waals surface area (Å²) in [5, 5.41) is 0. The van der Waals surface area contributed by atoms with Gasteiger partial charge in [-0.3, -0.25) is 14.6 Å². The fourth-order valence-electron chi connectivity index (χ4n) is 3.98. The Balaban J connectivity index is 1.54. The number of morpholine rings is 1. The number of ether oxygens (including phenoxy) is 1. The van der Waals surface area contributed by atoms with E-state index >= 15 is 0 Å². The maximum absolute atomic E-state index is 13.2. The van der Waals surface area contributed by atoms with Gasteiger partial charge in [-0.2, -0.15) is 0 Å². The average Bonchev–Trinajstić information content (AvgIpc) is 2.88. The van der Waals surface area contributed by atoms with E-state index in [0.717, 1.165) is 42.7 Å². The molecule has 8 heteroatoms. The van der Waals surface area contributed by atoms with Crippen LogP contribution in [0.25, 0.3) is 11.3 Å². The van der Waals surface area contributed by atoms with Gasteiger partial charge in [0.05, 0.1) is 25.1 Å². The molecule has 0 aliphatic carbocycles. The van der Waals surface area contributed by atoms with Crippen molar-refractivity contribution < 1.29 is 14.3 Å². The van der Waals surface area contributed by atoms with Crippen LogP contribution in [-0.2, 0) is 11.2 Å². The van der Waals surface area contributed by atoms with Gasteiger partial charge in [0.2, 0.25) is 0 Å². The second-order valence-corrected chi connectivity index (χ2v) is 8.30. The Hall–Kier alpha value is -3.65. The zero-order valence-corrected chi connectivity index (χ0v) is 19.4. The molecule has 4 rings (SSSR count). The van der Waals surface area contributed by atoms with E-state index in [0.29, 0.717) is 30.9 Å². The van der Waals surface area contributed by atoms with Crippen LogP contribution in [0, 0.1) is 0 Å². The highest BCUT2D eigenvalue weighted by molar-refractivity contribution is 6.00. The number of carbonyl (C=O) groups is 2. The van der Waals surface area contributed by atoms with Crippen LogP contribution in [0.3, 0.4) is 0 Å². The lowest BCUT2D eigenvalue weighted by molar-refractivity contribution is 0.0975. The summed E-state index contributed by atoms with van der Waals surface area (Å²) in [5.41, 5.74) is 9.92. The second kappa shape index (κ2) is 11.0. The van der Waals surface area contributed by atoms with Gasteiger partial charge in [0.25, 0.3) is 0 Å². The molecule has 0 atom stereocenters. The number of anilines is 2. The zero-order valence-electron chi connectivity index (χ0n) is 19.4. The summed E-state index contributed by atoms with van der Waals surface area (Å²) in [4.78, 5) is 40.6. The molecule has 3 heterocycles. The minimum Gasteiger partial charge on any atom is -0.382 e. The van der Waals surface area contributed by atoms with E-state index in [-0.39, 0.29) is 29.5 Å². The summed E-state index contributed by atoms with van der Waals surface area (Å²) in [6.45, 7) is 4.89. The summed E-state index contributed by atoms with van der Waals surface area (Å²) in [7, 11) is 0. The van der Waals surface area contributed by atoms with Crippen LogP contribution in [0.1, 0.15) is 52.6 Å². The summed E-state index contributed by atoms with van der Waals surface area (Å²) in [6.07, 6.45) is 7.50. The van der Waals surface area contributed by atoms with E-state index < -0.39 is 0 Å². The largest absolute Gasteiger partial charge is 0.382 e. The fraction of sp³-hybridized carbons (Fsp3) is 0.346. The van der Waals surface area contributed by atoms with E-state index in [2.05, 4.69) is 26.8 Å². The molecule has 1 aliphatic heterocycles. The van der Waals surface area contributed by atoms with Gasteiger partial charge in [-0.25, -0.2) is 9.97 Å². The first kappa shape index (κ1) is 23.5. The van der Waals surface area contributed by atoms with E-state index in [1.165, 1.54) is 0 Å². The summed E-state index contributed by atoms with van der Waals surface area (Å²) >= 11 is 0. The van der Waals surface area contributed by atoms with E-state index in [4.69, 9.17) is 10.5 Å². The lowest BCUT2D eigenvalue weighted by Crippen LogP contribution is -2.37. The van der Waals surface area contributed by atoms with Crippen molar-refractivity contribution in [3.8, 4) is 11.3 Å². The number of nitrogens with zero attached hydrogens (tertiary/aromatic N) is 4. The summed E-state index contributed by atoms with van der Waals surface area (Å²) < 4.78 is 5.44. The lowest BCUT2D eigenvalue weighted by Gasteiger charge is -2.30. The van der Waals surface area contributed by atoms with Crippen LogP contribution in [-0.4, -0.2) is 52.8 Å². The molecule has 3 aromatic rings. The monoisotopic (exact) mass is 459 g/mol. The molecule has 0 spiro atoms. The van der Waals surface area contributed by atoms with Gasteiger partial charge in [-0.05, 0) is 12.5 Å². The van der Waals surface area contributed by atoms with Crippen molar-refractivity contribution in [1.82, 2.24) is 15.0 Å². The lowest BCUT2D eigenvalue weighted by atomic mass is 10.0. The SMILES string of the molecule is CCCCC(=O)c1ccc(-c2cnc(N)c(C(=O)Cc3cnccc3N3CCOCC3)n2)cc1. The third-order valence-electron chi connectivity index (χ3n) is 5.91. The molecule has 1 fully saturated rings. The number of aromatic nitrogens is 3. The Morgan fingerprint density at radius 2 is 1.82 bits per heavy atom. The predicted molar refractivity (Wildman–Crippen MR) is 131 cm³/mol. The number of unbranched alkanes of at least 4 members (excludes halogenated alkanes) is 1. The number of Topliss-reactive ketones (excluding diaryl/α,β-unsaturated/α-hetero) is 2. The van der Waals surface area contributed by atoms with Crippen molar-refractivity contribution in [2.45, 2.75) is 32.6 Å². The second-order valence-electron chi connectivity index (χ2n) is 8.30. The molecule has 1 aliphatic rings. The highest BCUT2D eigenvalue weighted by Crippen LogP contribution is 2.24. The topological polar surface area (TPSA) is 111 Å². The zero-order chi connectivity index (χ0) is 23.9. The Labute approximate surface area is 199 Å². The number of rotatable bonds is 9. The van der Waals surface area contributed by atoms with Crippen LogP contribution in [0.15, 0.2) is 48.9 Å². The standard InChI is InChI=1S/C26H29N5O3/c1-2-3-4-23(32)19-7-5-18(6-8-19)21-17-29-26(27)25(30-21)24(33)15-20-16-28-10-9-22(20)31-11-13-34-14-12-31/h5-10,16-17H,2-4,11-15H2,1H3,(H2,27,29). The number of nitrogen functional groups attached to an aromatic ring is 1. The van der Waals surface area contributed by atoms with Crippen molar-refractivity contribution in [2.24, 2.45) is 0 Å². The van der Waals surface area contributed by atoms with Gasteiger partial charge in [0, 0.05) is 60.7 Å². The molecule has 1 saturated heterocycles. The fourth-order valence-corrected chi connectivity index (χ4v) is 3.98. The maximum Gasteiger partial charge on any atom is 0.189 e. The molecule has 176 valence electrons. The van der Waals surface area contributed by atoms with Crippen LogP contribution in [0.5, 0.6) is 0 Å². The quantitative estimate of drug-likeness (QED) is 0.482. The number of benzene rings is 1. The van der Waals surface area contributed by atoms with Crippen molar-refractivity contribution in [3.05, 3.63) is 65.7 Å². The van der Waals surface area contributed by atoms with Crippen LogP contribution in [0.4, 0.5) is 11.5 Å². The Kier molecular flexibility index (Phi) is 7.59. The Morgan fingerprint density at radius 1 is 1.06 bits per heavy atom. The third kappa shape index (κ3) is 5.46. The van der Waals surface area contributed by atoms with E-state index in [1.54, 1.807) is 30.7 Å². The first-order valence-electron chi connectivity index (χ1n) is 11.6. The van der Waals surface area contributed by atoms with Gasteiger partial charge in [0.15, 0.2) is 17.4 Å². The molecular weight excluding hydrogens is 430 g/mol. The molecule has 2 N–H and O–H groups in total. The molecule has 1 aromatic carbocycles. The first-order chi connectivity index (χ1) is 16.6. The van der Waals surface area contributed by atoms with Crippen molar-refractivity contribution in [1.29, 1.82) is 0 Å². The number of hydrogen-bond donors (Lipinski definition) is 1. The number of ketones is 2. The minimum atomic E-state index is -0.222. The van der Waals surface area contributed by atoms with Crippen molar-refractivity contribution >= 4 is 23.1 Å². The minimum absolute atomic E-state index is 0.0944. The number of carbonyl (C=O) groups excluding carboxylic acids is 2. The molecular formula is C26H29N5O3. The van der Waals surface area contributed by atoms with Crippen molar-refractivity contribution in [3.63, 3.8) is 0 Å². The molecule has 0 saturated carbocycles. The summed E-state index contributed by atoms with van der Waals surface area (Å²) in [5.74, 6) is -0.00199. The molecule has 0 unspecified atom stereocenters. The van der Waals surface area contributed by atoms with E-state index in [1.807, 2.05) is 18.2 Å². The summed E-state index contributed by atoms with van der Waals surface area (Å²) in [6, 6.07) is 9.15. The molecule has 34 heavy (non-hydrogen) atoms. The van der Waals surface area contributed by atoms with Crippen molar-refractivity contribution in [2.75, 3.05) is 36.9 Å². The molecule has 0 radical (unpaired) electrons. The van der Waals surface area contributed by atoms with Crippen LogP contribution in [0.2, 0.25) is 0 Å². The predicted octanol–water partition coefficient (Wildman–Crippen LogP) is 3.76. The first-order valence-corrected chi connectivity index (χ1v) is 11.6. The molecule has 2 aromatic heterocycles. The van der Waals surface area contributed by atoms with Crippen LogP contribution >= 0.6 is 0 Å². The smallest absolute Gasteiger partial charge is 0.189 e. The molecule has 0 bridgehead atoms. The molecule has 0 amide bonds. The average molecular weight is 460 g/mol. The van der Waals surface area contributed by atoms with E-state index in [9.17, 15) is 9.59 Å². The Bertz CT molecular complexity index is 1160. The highest BCUT2D eigenvalue weighted by atomic mass is 16.5. The number of pyridine rings is 1. The number of hydrogen-bond acceptors (Lipinski definition) is 8. The third-order valence-corrected chi connectivity index (χ3v) is 5.91. The van der Waals surface area contributed by atoms with Gasteiger partial charge in [-0.15, -0.1) is 0 Å². The van der Waals surface area contributed by atoms with Gasteiger partial charge >= 0.3 is 0 Å². The van der Waals surface area contributed by atoms with Gasteiger partial charge < -0.3 is 15.4 Å². The maximum atomic E-state index is 13.2.